The van der Waals surface area contributed by atoms with Gasteiger partial charge in [0.25, 0.3) is 0 Å². The minimum atomic E-state index is -0.502. The lowest BCUT2D eigenvalue weighted by Crippen LogP contribution is -2.58. The molecule has 6 rings (SSSR count). The molecular formula is C19H24N4O3S. The van der Waals surface area contributed by atoms with Crippen LogP contribution in [-0.2, 0) is 4.74 Å². The lowest BCUT2D eigenvalue weighted by Gasteiger charge is -2.57. The number of aromatic nitrogens is 1. The van der Waals surface area contributed by atoms with E-state index >= 15 is 0 Å². The minimum absolute atomic E-state index is 0.0292. The summed E-state index contributed by atoms with van der Waals surface area (Å²) in [6.45, 7) is 1.26. The maximum atomic E-state index is 12.7. The summed E-state index contributed by atoms with van der Waals surface area (Å²) in [5, 5.41) is 23.6. The molecule has 3 atom stereocenters. The van der Waals surface area contributed by atoms with E-state index in [1.54, 1.807) is 11.1 Å². The van der Waals surface area contributed by atoms with Crippen molar-refractivity contribution in [2.45, 2.75) is 56.3 Å². The second-order valence-corrected chi connectivity index (χ2v) is 9.79. The molecule has 4 saturated carbocycles. The molecule has 144 valence electrons. The molecule has 5 aliphatic rings. The maximum Gasteiger partial charge on any atom is 0.410 e. The van der Waals surface area contributed by atoms with Crippen LogP contribution in [0.5, 0.6) is 0 Å². The Morgan fingerprint density at radius 2 is 2.19 bits per heavy atom. The lowest BCUT2D eigenvalue weighted by molar-refractivity contribution is -0.177. The molecule has 1 aromatic heterocycles. The Hall–Kier alpha value is -1.85. The van der Waals surface area contributed by atoms with Gasteiger partial charge in [0.1, 0.15) is 17.1 Å². The monoisotopic (exact) mass is 388 g/mol. The van der Waals surface area contributed by atoms with Crippen molar-refractivity contribution in [2.24, 2.45) is 17.8 Å². The number of carbonyl (C=O) groups is 1. The number of nitrogens with one attached hydrogen (secondary N) is 1. The van der Waals surface area contributed by atoms with E-state index in [-0.39, 0.29) is 18.2 Å². The zero-order valence-corrected chi connectivity index (χ0v) is 16.0. The van der Waals surface area contributed by atoms with Crippen LogP contribution in [0.15, 0.2) is 6.20 Å². The summed E-state index contributed by atoms with van der Waals surface area (Å²) in [7, 11) is 0. The fourth-order valence-corrected chi connectivity index (χ4v) is 6.62. The predicted octanol–water partition coefficient (Wildman–Crippen LogP) is 2.58. The Labute approximate surface area is 162 Å². The van der Waals surface area contributed by atoms with Crippen molar-refractivity contribution in [1.29, 1.82) is 5.26 Å². The van der Waals surface area contributed by atoms with Crippen LogP contribution in [-0.4, -0.2) is 51.9 Å². The van der Waals surface area contributed by atoms with Gasteiger partial charge in [0.15, 0.2) is 5.13 Å². The number of amides is 1. The summed E-state index contributed by atoms with van der Waals surface area (Å²) in [5.41, 5.74) is -0.502. The van der Waals surface area contributed by atoms with Crippen LogP contribution in [0.1, 0.15) is 43.4 Å². The van der Waals surface area contributed by atoms with Gasteiger partial charge in [0.05, 0.1) is 11.8 Å². The number of carbonyl (C=O) groups excluding carboxylic acids is 1. The van der Waals surface area contributed by atoms with Crippen LogP contribution in [0, 0.1) is 29.1 Å². The third-order valence-electron chi connectivity index (χ3n) is 6.78. The van der Waals surface area contributed by atoms with E-state index in [0.717, 1.165) is 43.7 Å². The number of rotatable bonds is 3. The Morgan fingerprint density at radius 3 is 2.85 bits per heavy atom. The zero-order valence-electron chi connectivity index (χ0n) is 15.1. The van der Waals surface area contributed by atoms with Crippen molar-refractivity contribution in [3.8, 4) is 6.07 Å². The molecule has 2 N–H and O–H groups in total. The van der Waals surface area contributed by atoms with Crippen molar-refractivity contribution in [1.82, 2.24) is 9.88 Å². The molecule has 1 saturated heterocycles. The number of ether oxygens (including phenoxy) is 1. The Morgan fingerprint density at radius 1 is 1.41 bits per heavy atom. The molecule has 1 unspecified atom stereocenters. The van der Waals surface area contributed by atoms with Crippen molar-refractivity contribution in [3.05, 3.63) is 11.1 Å². The highest BCUT2D eigenvalue weighted by Gasteiger charge is 2.56. The van der Waals surface area contributed by atoms with Crippen molar-refractivity contribution in [2.75, 3.05) is 18.4 Å². The van der Waals surface area contributed by atoms with Crippen LogP contribution in [0.25, 0.3) is 0 Å². The first kappa shape index (κ1) is 17.3. The molecule has 1 aromatic rings. The highest BCUT2D eigenvalue weighted by Crippen LogP contribution is 2.56. The average molecular weight is 388 g/mol. The SMILES string of the molecule is N#Cc1cnc(NC2CCN(C(=O)OC3[C@@H]4CC5C[C@@H]3CC(O)(C5)C4)C2)s1. The molecule has 1 amide bonds. The van der Waals surface area contributed by atoms with E-state index in [1.165, 1.54) is 11.3 Å². The van der Waals surface area contributed by atoms with Gasteiger partial charge >= 0.3 is 6.09 Å². The summed E-state index contributed by atoms with van der Waals surface area (Å²) in [6, 6.07) is 2.22. The van der Waals surface area contributed by atoms with E-state index in [0.29, 0.717) is 35.7 Å². The number of thiazole rings is 1. The number of nitrogens with zero attached hydrogens (tertiary/aromatic N) is 3. The van der Waals surface area contributed by atoms with Crippen molar-refractivity contribution in [3.63, 3.8) is 0 Å². The molecule has 0 spiro atoms. The molecular weight excluding hydrogens is 364 g/mol. The van der Waals surface area contributed by atoms with Crippen molar-refractivity contribution >= 4 is 22.6 Å². The van der Waals surface area contributed by atoms with Gasteiger partial charge in [-0.2, -0.15) is 5.26 Å². The van der Waals surface area contributed by atoms with Crippen LogP contribution < -0.4 is 5.32 Å². The smallest absolute Gasteiger partial charge is 0.410 e. The lowest BCUT2D eigenvalue weighted by atomic mass is 9.53. The first-order valence-corrected chi connectivity index (χ1v) is 10.6. The predicted molar refractivity (Wildman–Crippen MR) is 99.2 cm³/mol. The fourth-order valence-electron chi connectivity index (χ4n) is 5.93. The summed E-state index contributed by atoms with van der Waals surface area (Å²) < 4.78 is 5.97. The minimum Gasteiger partial charge on any atom is -0.446 e. The van der Waals surface area contributed by atoms with E-state index < -0.39 is 5.60 Å². The quantitative estimate of drug-likeness (QED) is 0.826. The second-order valence-electron chi connectivity index (χ2n) is 8.76. The van der Waals surface area contributed by atoms with Gasteiger partial charge in [0.2, 0.25) is 0 Å². The zero-order chi connectivity index (χ0) is 18.6. The number of hydrogen-bond donors (Lipinski definition) is 2. The molecule has 4 bridgehead atoms. The Kier molecular flexibility index (Phi) is 4.06. The Balaban J connectivity index is 1.17. The van der Waals surface area contributed by atoms with Gasteiger partial charge in [-0.3, -0.25) is 0 Å². The van der Waals surface area contributed by atoms with Gasteiger partial charge < -0.3 is 20.1 Å². The summed E-state index contributed by atoms with van der Waals surface area (Å²) in [6.07, 6.45) is 6.84. The number of anilines is 1. The largest absolute Gasteiger partial charge is 0.446 e. The first-order valence-electron chi connectivity index (χ1n) is 9.82. The standard InChI is InChI=1S/C19H24N4O3S/c20-8-15-9-21-17(27-15)22-14-1-2-23(10-14)18(24)26-16-12-3-11-4-13(16)7-19(25,5-11)6-12/h9,11-14,16,25H,1-7,10H2,(H,21,22)/t11?,12-,13-,14?,16?,19?/m1/s1. The van der Waals surface area contributed by atoms with Crippen LogP contribution >= 0.6 is 11.3 Å². The van der Waals surface area contributed by atoms with Crippen LogP contribution in [0.2, 0.25) is 0 Å². The summed E-state index contributed by atoms with van der Waals surface area (Å²) in [4.78, 5) is 19.3. The van der Waals surface area contributed by atoms with Crippen molar-refractivity contribution < 1.29 is 14.6 Å². The number of aliphatic hydroxyl groups is 1. The van der Waals surface area contributed by atoms with E-state index in [2.05, 4.69) is 16.4 Å². The second kappa shape index (κ2) is 6.35. The highest BCUT2D eigenvalue weighted by molar-refractivity contribution is 7.16. The average Bonchev–Trinajstić information content (AvgIpc) is 3.26. The molecule has 4 aliphatic carbocycles. The van der Waals surface area contributed by atoms with Crippen LogP contribution in [0.4, 0.5) is 9.93 Å². The molecule has 27 heavy (non-hydrogen) atoms. The van der Waals surface area contributed by atoms with Crippen LogP contribution in [0.3, 0.4) is 0 Å². The maximum absolute atomic E-state index is 12.7. The third-order valence-corrected chi connectivity index (χ3v) is 7.61. The summed E-state index contributed by atoms with van der Waals surface area (Å²) in [5.74, 6) is 1.25. The highest BCUT2D eigenvalue weighted by atomic mass is 32.1. The molecule has 5 fully saturated rings. The molecule has 0 aromatic carbocycles. The van der Waals surface area contributed by atoms with Gasteiger partial charge in [-0.15, -0.1) is 0 Å². The van der Waals surface area contributed by atoms with E-state index in [9.17, 15) is 9.90 Å². The number of hydrogen-bond acceptors (Lipinski definition) is 7. The van der Waals surface area contributed by atoms with Gasteiger partial charge in [-0.1, -0.05) is 11.3 Å². The topological polar surface area (TPSA) is 98.5 Å². The van der Waals surface area contributed by atoms with Gasteiger partial charge in [-0.25, -0.2) is 9.78 Å². The number of nitriles is 1. The van der Waals surface area contributed by atoms with Gasteiger partial charge in [-0.05, 0) is 56.3 Å². The first-order chi connectivity index (χ1) is 13.0. The number of likely N-dealkylation sites (tertiary alicyclic amines) is 1. The van der Waals surface area contributed by atoms with E-state index in [4.69, 9.17) is 10.00 Å². The normalized spacial score (nSPS) is 39.4. The molecule has 2 heterocycles. The Bertz CT molecular complexity index is 774. The molecule has 8 heteroatoms. The summed E-state index contributed by atoms with van der Waals surface area (Å²) >= 11 is 1.33. The molecule has 0 radical (unpaired) electrons. The third kappa shape index (κ3) is 3.17. The molecule has 1 aliphatic heterocycles. The molecule has 7 nitrogen and oxygen atoms in total. The fraction of sp³-hybridized carbons (Fsp3) is 0.737. The van der Waals surface area contributed by atoms with Gasteiger partial charge in [0, 0.05) is 19.1 Å². The van der Waals surface area contributed by atoms with E-state index in [1.807, 2.05) is 0 Å².